The molecule has 0 heterocycles. The van der Waals surface area contributed by atoms with E-state index in [-0.39, 0.29) is 6.04 Å². The van der Waals surface area contributed by atoms with Crippen LogP contribution in [0.3, 0.4) is 0 Å². The molecule has 0 spiro atoms. The molecule has 0 bridgehead atoms. The van der Waals surface area contributed by atoms with Gasteiger partial charge in [0.25, 0.3) is 0 Å². The van der Waals surface area contributed by atoms with E-state index in [0.29, 0.717) is 0 Å². The molecule has 0 aliphatic carbocycles. The summed E-state index contributed by atoms with van der Waals surface area (Å²) in [5.74, 6) is 0. The van der Waals surface area contributed by atoms with Crippen LogP contribution in [0.1, 0.15) is 31.4 Å². The van der Waals surface area contributed by atoms with Gasteiger partial charge < -0.3 is 15.4 Å². The van der Waals surface area contributed by atoms with Crippen LogP contribution in [-0.4, -0.2) is 27.3 Å². The van der Waals surface area contributed by atoms with Crippen LogP contribution >= 0.6 is 0 Å². The van der Waals surface area contributed by atoms with Crippen molar-refractivity contribution in [2.24, 2.45) is 5.73 Å². The number of ether oxygens (including phenoxy) is 1. The summed E-state index contributed by atoms with van der Waals surface area (Å²) in [7, 11) is 3.85. The van der Waals surface area contributed by atoms with Crippen LogP contribution in [0.15, 0.2) is 24.3 Å². The lowest BCUT2D eigenvalue weighted by atomic mass is 10.0. The number of hydrogen-bond acceptors (Lipinski definition) is 3. The Morgan fingerprint density at radius 2 is 2.06 bits per heavy atom. The van der Waals surface area contributed by atoms with E-state index in [9.17, 15) is 0 Å². The maximum Gasteiger partial charge on any atom is 0.0479 e. The monoisotopic (exact) mass is 236 g/mol. The fourth-order valence-electron chi connectivity index (χ4n) is 1.94. The second kappa shape index (κ2) is 7.30. The molecule has 0 aromatic heterocycles. The molecule has 17 heavy (non-hydrogen) atoms. The highest BCUT2D eigenvalue weighted by Gasteiger charge is 2.11. The van der Waals surface area contributed by atoms with Crippen LogP contribution < -0.4 is 10.6 Å². The Hall–Kier alpha value is -1.06. The quantitative estimate of drug-likeness (QED) is 0.739. The van der Waals surface area contributed by atoms with Crippen molar-refractivity contribution in [1.29, 1.82) is 0 Å². The van der Waals surface area contributed by atoms with E-state index >= 15 is 0 Å². The number of hydrogen-bond donors (Lipinski definition) is 1. The molecule has 1 unspecified atom stereocenters. The number of benzene rings is 1. The first-order chi connectivity index (χ1) is 8.20. The van der Waals surface area contributed by atoms with E-state index in [1.807, 2.05) is 0 Å². The number of methoxy groups -OCH3 is 1. The highest BCUT2D eigenvalue weighted by molar-refractivity contribution is 5.54. The van der Waals surface area contributed by atoms with Gasteiger partial charge >= 0.3 is 0 Å². The summed E-state index contributed by atoms with van der Waals surface area (Å²) in [6.07, 6.45) is 1.99. The maximum absolute atomic E-state index is 6.14. The molecular weight excluding hydrogens is 212 g/mol. The minimum atomic E-state index is 0.121. The average Bonchev–Trinajstić information content (AvgIpc) is 2.38. The fraction of sp³-hybridized carbons (Fsp3) is 0.571. The zero-order valence-corrected chi connectivity index (χ0v) is 11.1. The van der Waals surface area contributed by atoms with Gasteiger partial charge in [0.05, 0.1) is 0 Å². The zero-order valence-electron chi connectivity index (χ0n) is 11.1. The molecule has 1 aromatic carbocycles. The van der Waals surface area contributed by atoms with Gasteiger partial charge in [0.15, 0.2) is 0 Å². The molecular formula is C14H24N2O. The first-order valence-electron chi connectivity index (χ1n) is 6.25. The summed E-state index contributed by atoms with van der Waals surface area (Å²) in [5, 5.41) is 0. The van der Waals surface area contributed by atoms with Crippen molar-refractivity contribution < 1.29 is 4.74 Å². The van der Waals surface area contributed by atoms with Crippen molar-refractivity contribution >= 4 is 5.69 Å². The molecule has 3 heteroatoms. The Morgan fingerprint density at radius 3 is 2.71 bits per heavy atom. The molecule has 2 N–H and O–H groups in total. The van der Waals surface area contributed by atoms with Gasteiger partial charge in [0, 0.05) is 39.0 Å². The third-order valence-corrected chi connectivity index (χ3v) is 3.03. The molecule has 0 radical (unpaired) electrons. The highest BCUT2D eigenvalue weighted by atomic mass is 16.5. The summed E-state index contributed by atoms with van der Waals surface area (Å²) in [6, 6.07) is 8.50. The molecule has 1 aromatic rings. The Balaban J connectivity index is 2.74. The standard InChI is InChI=1S/C14H24N2O/c1-4-13(15)12-8-5-6-9-14(12)16(2)10-7-11-17-3/h5-6,8-9,13H,4,7,10-11,15H2,1-3H3. The first kappa shape index (κ1) is 14.0. The van der Waals surface area contributed by atoms with Crippen molar-refractivity contribution in [2.75, 3.05) is 32.2 Å². The molecule has 0 fully saturated rings. The molecule has 3 nitrogen and oxygen atoms in total. The summed E-state index contributed by atoms with van der Waals surface area (Å²) >= 11 is 0. The van der Waals surface area contributed by atoms with Crippen molar-refractivity contribution in [3.8, 4) is 0 Å². The zero-order chi connectivity index (χ0) is 12.7. The largest absolute Gasteiger partial charge is 0.385 e. The second-order valence-corrected chi connectivity index (χ2v) is 4.34. The lowest BCUT2D eigenvalue weighted by molar-refractivity contribution is 0.196. The molecule has 1 atom stereocenters. The highest BCUT2D eigenvalue weighted by Crippen LogP contribution is 2.25. The van der Waals surface area contributed by atoms with Crippen LogP contribution in [0.2, 0.25) is 0 Å². The van der Waals surface area contributed by atoms with Crippen molar-refractivity contribution in [3.05, 3.63) is 29.8 Å². The molecule has 1 rings (SSSR count). The van der Waals surface area contributed by atoms with Gasteiger partial charge in [0.2, 0.25) is 0 Å². The summed E-state index contributed by atoms with van der Waals surface area (Å²) < 4.78 is 5.08. The van der Waals surface area contributed by atoms with Gasteiger partial charge in [-0.15, -0.1) is 0 Å². The average molecular weight is 236 g/mol. The van der Waals surface area contributed by atoms with Crippen LogP contribution in [0.25, 0.3) is 0 Å². The van der Waals surface area contributed by atoms with Gasteiger partial charge in [0.1, 0.15) is 0 Å². The van der Waals surface area contributed by atoms with Crippen molar-refractivity contribution in [1.82, 2.24) is 0 Å². The van der Waals surface area contributed by atoms with E-state index in [1.54, 1.807) is 7.11 Å². The van der Waals surface area contributed by atoms with Gasteiger partial charge in [-0.25, -0.2) is 0 Å². The summed E-state index contributed by atoms with van der Waals surface area (Å²) in [5.41, 5.74) is 8.60. The first-order valence-corrected chi connectivity index (χ1v) is 6.25. The third kappa shape index (κ3) is 4.02. The molecule has 0 saturated heterocycles. The molecule has 0 amide bonds. The molecule has 0 aliphatic heterocycles. The number of anilines is 1. The third-order valence-electron chi connectivity index (χ3n) is 3.03. The van der Waals surface area contributed by atoms with E-state index in [2.05, 4.69) is 43.1 Å². The molecule has 0 aliphatic rings. The van der Waals surface area contributed by atoms with Gasteiger partial charge in [-0.3, -0.25) is 0 Å². The predicted molar refractivity (Wildman–Crippen MR) is 73.4 cm³/mol. The normalized spacial score (nSPS) is 12.5. The smallest absolute Gasteiger partial charge is 0.0479 e. The maximum atomic E-state index is 6.14. The van der Waals surface area contributed by atoms with Crippen LogP contribution in [0.5, 0.6) is 0 Å². The number of nitrogens with two attached hydrogens (primary N) is 1. The van der Waals surface area contributed by atoms with E-state index in [1.165, 1.54) is 11.3 Å². The van der Waals surface area contributed by atoms with E-state index in [0.717, 1.165) is 26.0 Å². The topological polar surface area (TPSA) is 38.5 Å². The molecule has 0 saturated carbocycles. The van der Waals surface area contributed by atoms with Gasteiger partial charge in [-0.2, -0.15) is 0 Å². The Labute approximate surface area is 105 Å². The number of para-hydroxylation sites is 1. The van der Waals surface area contributed by atoms with Crippen LogP contribution in [0, 0.1) is 0 Å². The number of nitrogens with zero attached hydrogens (tertiary/aromatic N) is 1. The Bertz CT molecular complexity index is 328. The Kier molecular flexibility index (Phi) is 6.01. The summed E-state index contributed by atoms with van der Waals surface area (Å²) in [4.78, 5) is 2.25. The van der Waals surface area contributed by atoms with Gasteiger partial charge in [-0.1, -0.05) is 25.1 Å². The van der Waals surface area contributed by atoms with Crippen molar-refractivity contribution in [2.45, 2.75) is 25.8 Å². The predicted octanol–water partition coefficient (Wildman–Crippen LogP) is 2.57. The van der Waals surface area contributed by atoms with Crippen molar-refractivity contribution in [3.63, 3.8) is 0 Å². The van der Waals surface area contributed by atoms with Gasteiger partial charge in [-0.05, 0) is 24.5 Å². The summed E-state index contributed by atoms with van der Waals surface area (Å²) in [6.45, 7) is 3.90. The van der Waals surface area contributed by atoms with Crippen LogP contribution in [0.4, 0.5) is 5.69 Å². The SMILES string of the molecule is CCC(N)c1ccccc1N(C)CCCOC. The molecule has 96 valence electrons. The minimum absolute atomic E-state index is 0.121. The minimum Gasteiger partial charge on any atom is -0.385 e. The fourth-order valence-corrected chi connectivity index (χ4v) is 1.94. The second-order valence-electron chi connectivity index (χ2n) is 4.34. The number of rotatable bonds is 7. The lowest BCUT2D eigenvalue weighted by Crippen LogP contribution is -2.23. The van der Waals surface area contributed by atoms with E-state index in [4.69, 9.17) is 10.5 Å². The lowest BCUT2D eigenvalue weighted by Gasteiger charge is -2.24. The van der Waals surface area contributed by atoms with E-state index < -0.39 is 0 Å². The Morgan fingerprint density at radius 1 is 1.35 bits per heavy atom. The van der Waals surface area contributed by atoms with Crippen LogP contribution in [-0.2, 0) is 4.74 Å².